The fourth-order valence-electron chi connectivity index (χ4n) is 2.69. The molecule has 0 aromatic carbocycles. The molecule has 1 saturated heterocycles. The second kappa shape index (κ2) is 3.99. The molecular weight excluding hydrogens is 186 g/mol. The number of likely N-dealkylation sites (tertiary alicyclic amines) is 1. The molecule has 0 spiro atoms. The molecule has 84 valence electrons. The first-order valence-corrected chi connectivity index (χ1v) is 5.79. The summed E-state index contributed by atoms with van der Waals surface area (Å²) in [6.45, 7) is 4.31. The average Bonchev–Trinajstić information content (AvgIpc) is 2.17. The van der Waals surface area contributed by atoms with Crippen LogP contribution in [0.3, 0.4) is 0 Å². The van der Waals surface area contributed by atoms with E-state index in [1.807, 2.05) is 12.2 Å². The Balaban J connectivity index is 2.17. The summed E-state index contributed by atoms with van der Waals surface area (Å²) in [4.78, 5) is 2.43. The van der Waals surface area contributed by atoms with E-state index in [4.69, 9.17) is 11.5 Å². The van der Waals surface area contributed by atoms with Gasteiger partial charge in [0.2, 0.25) is 0 Å². The van der Waals surface area contributed by atoms with Gasteiger partial charge in [-0.2, -0.15) is 0 Å². The lowest BCUT2D eigenvalue weighted by Gasteiger charge is -2.43. The van der Waals surface area contributed by atoms with Crippen LogP contribution in [0.5, 0.6) is 0 Å². The third-order valence-electron chi connectivity index (χ3n) is 3.40. The van der Waals surface area contributed by atoms with Crippen molar-refractivity contribution in [3.63, 3.8) is 0 Å². The van der Waals surface area contributed by atoms with Crippen LogP contribution in [0.4, 0.5) is 0 Å². The van der Waals surface area contributed by atoms with Gasteiger partial charge < -0.3 is 11.5 Å². The van der Waals surface area contributed by atoms with Crippen molar-refractivity contribution < 1.29 is 0 Å². The van der Waals surface area contributed by atoms with Gasteiger partial charge in [0.1, 0.15) is 0 Å². The first-order chi connectivity index (χ1) is 7.11. The maximum absolute atomic E-state index is 6.29. The van der Waals surface area contributed by atoms with Gasteiger partial charge in [-0.1, -0.05) is 18.6 Å². The van der Waals surface area contributed by atoms with Gasteiger partial charge in [-0.3, -0.25) is 4.90 Å². The number of hydrogen-bond acceptors (Lipinski definition) is 3. The Hall–Kier alpha value is -0.800. The molecule has 0 aromatic rings. The second-order valence-electron chi connectivity index (χ2n) is 4.89. The first-order valence-electron chi connectivity index (χ1n) is 5.79. The predicted molar refractivity (Wildman–Crippen MR) is 63.2 cm³/mol. The standard InChI is InChI=1S/C12H21N3/c1-12(14)7-5-6-10(13)11(12)15-8-3-2-4-9-15/h5-7,11H,2-4,8-9,13-14H2,1H3. The van der Waals surface area contributed by atoms with Crippen molar-refractivity contribution in [2.24, 2.45) is 11.5 Å². The number of piperidine rings is 1. The summed E-state index contributed by atoms with van der Waals surface area (Å²) in [5, 5.41) is 0. The van der Waals surface area contributed by atoms with E-state index in [-0.39, 0.29) is 11.6 Å². The zero-order valence-electron chi connectivity index (χ0n) is 9.45. The van der Waals surface area contributed by atoms with Crippen molar-refractivity contribution in [3.8, 4) is 0 Å². The Morgan fingerprint density at radius 2 is 2.00 bits per heavy atom. The van der Waals surface area contributed by atoms with Crippen LogP contribution in [-0.2, 0) is 0 Å². The van der Waals surface area contributed by atoms with Crippen LogP contribution < -0.4 is 11.5 Å². The highest BCUT2D eigenvalue weighted by atomic mass is 15.2. The molecular formula is C12H21N3. The Kier molecular flexibility index (Phi) is 2.85. The molecule has 15 heavy (non-hydrogen) atoms. The molecule has 2 atom stereocenters. The lowest BCUT2D eigenvalue weighted by atomic mass is 9.85. The van der Waals surface area contributed by atoms with E-state index >= 15 is 0 Å². The van der Waals surface area contributed by atoms with Crippen LogP contribution in [-0.4, -0.2) is 29.6 Å². The first kappa shape index (κ1) is 10.7. The normalized spacial score (nSPS) is 37.7. The van der Waals surface area contributed by atoms with Gasteiger partial charge in [0.15, 0.2) is 0 Å². The van der Waals surface area contributed by atoms with E-state index < -0.39 is 0 Å². The molecule has 1 heterocycles. The average molecular weight is 207 g/mol. The third-order valence-corrected chi connectivity index (χ3v) is 3.40. The Morgan fingerprint density at radius 1 is 1.33 bits per heavy atom. The summed E-state index contributed by atoms with van der Waals surface area (Å²) in [5.74, 6) is 0. The molecule has 2 aliphatic rings. The van der Waals surface area contributed by atoms with Gasteiger partial charge in [-0.25, -0.2) is 0 Å². The monoisotopic (exact) mass is 207 g/mol. The highest BCUT2D eigenvalue weighted by Crippen LogP contribution is 2.26. The van der Waals surface area contributed by atoms with Crippen molar-refractivity contribution in [2.75, 3.05) is 13.1 Å². The van der Waals surface area contributed by atoms with Gasteiger partial charge >= 0.3 is 0 Å². The fraction of sp³-hybridized carbons (Fsp3) is 0.667. The molecule has 3 nitrogen and oxygen atoms in total. The van der Waals surface area contributed by atoms with Crippen molar-refractivity contribution in [2.45, 2.75) is 37.8 Å². The topological polar surface area (TPSA) is 55.3 Å². The molecule has 0 radical (unpaired) electrons. The summed E-state index contributed by atoms with van der Waals surface area (Å²) < 4.78 is 0. The summed E-state index contributed by atoms with van der Waals surface area (Å²) in [6.07, 6.45) is 9.88. The molecule has 0 amide bonds. The molecule has 3 heteroatoms. The Morgan fingerprint density at radius 3 is 2.60 bits per heavy atom. The number of hydrogen-bond donors (Lipinski definition) is 2. The SMILES string of the molecule is CC1(N)C=CC=C(N)C1N1CCCCC1. The molecule has 1 fully saturated rings. The second-order valence-corrected chi connectivity index (χ2v) is 4.89. The molecule has 1 aliphatic carbocycles. The highest BCUT2D eigenvalue weighted by molar-refractivity contribution is 5.31. The Labute approximate surface area is 91.8 Å². The lowest BCUT2D eigenvalue weighted by Crippen LogP contribution is -2.59. The zero-order chi connectivity index (χ0) is 10.9. The molecule has 0 bridgehead atoms. The lowest BCUT2D eigenvalue weighted by molar-refractivity contribution is 0.144. The Bertz CT molecular complexity index is 285. The van der Waals surface area contributed by atoms with Crippen molar-refractivity contribution in [1.82, 2.24) is 4.90 Å². The minimum atomic E-state index is -0.323. The van der Waals surface area contributed by atoms with Crippen molar-refractivity contribution in [1.29, 1.82) is 0 Å². The van der Waals surface area contributed by atoms with E-state index in [0.29, 0.717) is 0 Å². The minimum Gasteiger partial charge on any atom is -0.401 e. The summed E-state index contributed by atoms with van der Waals surface area (Å²) >= 11 is 0. The number of allylic oxidation sites excluding steroid dienone is 2. The van der Waals surface area contributed by atoms with Crippen LogP contribution in [0.1, 0.15) is 26.2 Å². The smallest absolute Gasteiger partial charge is 0.0708 e. The predicted octanol–water partition coefficient (Wildman–Crippen LogP) is 0.971. The molecule has 1 aliphatic heterocycles. The van der Waals surface area contributed by atoms with E-state index in [9.17, 15) is 0 Å². The number of nitrogens with two attached hydrogens (primary N) is 2. The van der Waals surface area contributed by atoms with Crippen LogP contribution in [0.15, 0.2) is 23.9 Å². The highest BCUT2D eigenvalue weighted by Gasteiger charge is 2.36. The van der Waals surface area contributed by atoms with Crippen LogP contribution in [0.2, 0.25) is 0 Å². The van der Waals surface area contributed by atoms with E-state index in [1.165, 1.54) is 19.3 Å². The fourth-order valence-corrected chi connectivity index (χ4v) is 2.69. The molecule has 4 N–H and O–H groups in total. The maximum Gasteiger partial charge on any atom is 0.0708 e. The quantitative estimate of drug-likeness (QED) is 0.673. The van der Waals surface area contributed by atoms with E-state index in [2.05, 4.69) is 17.9 Å². The summed E-state index contributed by atoms with van der Waals surface area (Å²) in [6, 6.07) is 0.183. The third kappa shape index (κ3) is 2.08. The van der Waals surface area contributed by atoms with Gasteiger partial charge in [-0.05, 0) is 38.9 Å². The summed E-state index contributed by atoms with van der Waals surface area (Å²) in [7, 11) is 0. The van der Waals surface area contributed by atoms with Gasteiger partial charge in [0.25, 0.3) is 0 Å². The van der Waals surface area contributed by atoms with Gasteiger partial charge in [0, 0.05) is 5.70 Å². The molecule has 2 rings (SSSR count). The molecule has 2 unspecified atom stereocenters. The molecule has 0 saturated carbocycles. The minimum absolute atomic E-state index is 0.183. The summed E-state index contributed by atoms with van der Waals surface area (Å²) in [5.41, 5.74) is 13.0. The van der Waals surface area contributed by atoms with Gasteiger partial charge in [0.05, 0.1) is 11.6 Å². The maximum atomic E-state index is 6.29. The van der Waals surface area contributed by atoms with E-state index in [0.717, 1.165) is 18.8 Å². The van der Waals surface area contributed by atoms with Crippen LogP contribution in [0, 0.1) is 0 Å². The van der Waals surface area contributed by atoms with Crippen molar-refractivity contribution in [3.05, 3.63) is 23.9 Å². The van der Waals surface area contributed by atoms with Crippen molar-refractivity contribution >= 4 is 0 Å². The van der Waals surface area contributed by atoms with Crippen LogP contribution >= 0.6 is 0 Å². The largest absolute Gasteiger partial charge is 0.401 e. The van der Waals surface area contributed by atoms with Crippen LogP contribution in [0.25, 0.3) is 0 Å². The number of rotatable bonds is 1. The number of nitrogens with zero attached hydrogens (tertiary/aromatic N) is 1. The molecule has 0 aromatic heterocycles. The van der Waals surface area contributed by atoms with E-state index in [1.54, 1.807) is 0 Å². The van der Waals surface area contributed by atoms with Gasteiger partial charge in [-0.15, -0.1) is 0 Å². The zero-order valence-corrected chi connectivity index (χ0v) is 9.45.